The standard InChI is InChI=1S/C12H20N4/c1-12(2)11-15(7-3-5-13)9-10-16-8-4-6-14-16/h4,6,8,12H,3,7,9-11H2,1-2H3. The molecule has 4 nitrogen and oxygen atoms in total. The van der Waals surface area contributed by atoms with Crippen LogP contribution in [0.2, 0.25) is 0 Å². The Morgan fingerprint density at radius 3 is 2.81 bits per heavy atom. The third-order valence-electron chi connectivity index (χ3n) is 2.37. The van der Waals surface area contributed by atoms with Crippen LogP contribution in [-0.2, 0) is 6.54 Å². The second kappa shape index (κ2) is 7.02. The minimum Gasteiger partial charge on any atom is -0.300 e. The van der Waals surface area contributed by atoms with Crippen LogP contribution in [0, 0.1) is 17.2 Å². The van der Waals surface area contributed by atoms with Crippen molar-refractivity contribution < 1.29 is 0 Å². The quantitative estimate of drug-likeness (QED) is 0.703. The van der Waals surface area contributed by atoms with Gasteiger partial charge in [0, 0.05) is 38.4 Å². The second-order valence-electron chi connectivity index (χ2n) is 4.37. The first-order chi connectivity index (χ1) is 7.72. The van der Waals surface area contributed by atoms with E-state index in [1.54, 1.807) is 6.20 Å². The Morgan fingerprint density at radius 2 is 2.25 bits per heavy atom. The Morgan fingerprint density at radius 1 is 1.44 bits per heavy atom. The zero-order valence-electron chi connectivity index (χ0n) is 10.1. The Balaban J connectivity index is 2.34. The van der Waals surface area contributed by atoms with Crippen molar-refractivity contribution in [1.82, 2.24) is 14.7 Å². The predicted octanol–water partition coefficient (Wildman–Crippen LogP) is 1.75. The molecule has 0 atom stereocenters. The summed E-state index contributed by atoms with van der Waals surface area (Å²) < 4.78 is 1.93. The highest BCUT2D eigenvalue weighted by molar-refractivity contribution is 4.78. The van der Waals surface area contributed by atoms with Gasteiger partial charge in [0.1, 0.15) is 0 Å². The van der Waals surface area contributed by atoms with Gasteiger partial charge in [-0.05, 0) is 12.0 Å². The third-order valence-corrected chi connectivity index (χ3v) is 2.37. The summed E-state index contributed by atoms with van der Waals surface area (Å²) in [6.07, 6.45) is 4.37. The number of hydrogen-bond acceptors (Lipinski definition) is 3. The highest BCUT2D eigenvalue weighted by Gasteiger charge is 2.06. The molecule has 16 heavy (non-hydrogen) atoms. The lowest BCUT2D eigenvalue weighted by atomic mass is 10.2. The van der Waals surface area contributed by atoms with E-state index in [1.165, 1.54) is 0 Å². The lowest BCUT2D eigenvalue weighted by molar-refractivity contribution is 0.236. The van der Waals surface area contributed by atoms with Crippen LogP contribution in [0.1, 0.15) is 20.3 Å². The van der Waals surface area contributed by atoms with Gasteiger partial charge in [-0.25, -0.2) is 0 Å². The fraction of sp³-hybridized carbons (Fsp3) is 0.667. The number of hydrogen-bond donors (Lipinski definition) is 0. The van der Waals surface area contributed by atoms with Gasteiger partial charge in [0.2, 0.25) is 0 Å². The Labute approximate surface area is 97.5 Å². The topological polar surface area (TPSA) is 44.9 Å². The molecule has 0 fully saturated rings. The second-order valence-corrected chi connectivity index (χ2v) is 4.37. The molecule has 0 N–H and O–H groups in total. The summed E-state index contributed by atoms with van der Waals surface area (Å²) in [4.78, 5) is 2.33. The molecule has 0 aromatic carbocycles. The molecular formula is C12H20N4. The molecule has 0 amide bonds. The lowest BCUT2D eigenvalue weighted by Gasteiger charge is -2.22. The van der Waals surface area contributed by atoms with Crippen molar-refractivity contribution in [1.29, 1.82) is 5.26 Å². The van der Waals surface area contributed by atoms with Gasteiger partial charge in [0.15, 0.2) is 0 Å². The van der Waals surface area contributed by atoms with Gasteiger partial charge in [-0.15, -0.1) is 0 Å². The van der Waals surface area contributed by atoms with E-state index in [1.807, 2.05) is 16.9 Å². The summed E-state index contributed by atoms with van der Waals surface area (Å²) in [6.45, 7) is 8.16. The summed E-state index contributed by atoms with van der Waals surface area (Å²) in [5, 5.41) is 12.8. The Kier molecular flexibility index (Phi) is 5.58. The summed E-state index contributed by atoms with van der Waals surface area (Å²) in [5.74, 6) is 0.635. The van der Waals surface area contributed by atoms with Crippen LogP contribution >= 0.6 is 0 Å². The largest absolute Gasteiger partial charge is 0.300 e. The first-order valence-corrected chi connectivity index (χ1v) is 5.79. The summed E-state index contributed by atoms with van der Waals surface area (Å²) in [5.41, 5.74) is 0. The maximum Gasteiger partial charge on any atom is 0.0635 e. The molecule has 1 heterocycles. The molecule has 0 bridgehead atoms. The van der Waals surface area contributed by atoms with E-state index in [0.717, 1.165) is 26.2 Å². The predicted molar refractivity (Wildman–Crippen MR) is 63.7 cm³/mol. The molecule has 0 spiro atoms. The molecule has 0 radical (unpaired) electrons. The van der Waals surface area contributed by atoms with Crippen molar-refractivity contribution >= 4 is 0 Å². The van der Waals surface area contributed by atoms with Crippen LogP contribution in [0.25, 0.3) is 0 Å². The smallest absolute Gasteiger partial charge is 0.0635 e. The third kappa shape index (κ3) is 4.94. The SMILES string of the molecule is CC(C)CN(CCC#N)CCn1cccn1. The van der Waals surface area contributed by atoms with Gasteiger partial charge in [0.05, 0.1) is 12.6 Å². The Hall–Kier alpha value is -1.34. The number of aromatic nitrogens is 2. The first kappa shape index (κ1) is 12.7. The van der Waals surface area contributed by atoms with Gasteiger partial charge >= 0.3 is 0 Å². The molecule has 0 aliphatic heterocycles. The molecule has 88 valence electrons. The van der Waals surface area contributed by atoms with E-state index >= 15 is 0 Å². The van der Waals surface area contributed by atoms with Gasteiger partial charge in [-0.1, -0.05) is 13.8 Å². The Bertz CT molecular complexity index is 310. The van der Waals surface area contributed by atoms with Crippen LogP contribution in [0.3, 0.4) is 0 Å². The van der Waals surface area contributed by atoms with Gasteiger partial charge in [-0.3, -0.25) is 4.68 Å². The van der Waals surface area contributed by atoms with Crippen molar-refractivity contribution in [2.24, 2.45) is 5.92 Å². The molecule has 0 aliphatic rings. The molecule has 0 saturated carbocycles. The molecule has 4 heteroatoms. The number of rotatable bonds is 7. The minimum absolute atomic E-state index is 0.603. The van der Waals surface area contributed by atoms with Crippen LogP contribution < -0.4 is 0 Å². The fourth-order valence-corrected chi connectivity index (χ4v) is 1.70. The zero-order chi connectivity index (χ0) is 11.8. The molecule has 0 saturated heterocycles. The lowest BCUT2D eigenvalue weighted by Crippen LogP contribution is -2.32. The van der Waals surface area contributed by atoms with Crippen LogP contribution in [0.15, 0.2) is 18.5 Å². The zero-order valence-corrected chi connectivity index (χ0v) is 10.1. The molecule has 1 aromatic rings. The van der Waals surface area contributed by atoms with Crippen molar-refractivity contribution in [3.8, 4) is 6.07 Å². The molecule has 0 unspecified atom stereocenters. The highest BCUT2D eigenvalue weighted by Crippen LogP contribution is 2.00. The molecule has 1 aromatic heterocycles. The van der Waals surface area contributed by atoms with Crippen LogP contribution in [0.5, 0.6) is 0 Å². The molecule has 0 aliphatic carbocycles. The maximum atomic E-state index is 8.61. The summed E-state index contributed by atoms with van der Waals surface area (Å²) in [7, 11) is 0. The van der Waals surface area contributed by atoms with E-state index in [0.29, 0.717) is 12.3 Å². The summed E-state index contributed by atoms with van der Waals surface area (Å²) >= 11 is 0. The van der Waals surface area contributed by atoms with E-state index in [2.05, 4.69) is 29.9 Å². The van der Waals surface area contributed by atoms with E-state index in [4.69, 9.17) is 5.26 Å². The minimum atomic E-state index is 0.603. The van der Waals surface area contributed by atoms with Gasteiger partial charge in [-0.2, -0.15) is 10.4 Å². The highest BCUT2D eigenvalue weighted by atomic mass is 15.3. The molecular weight excluding hydrogens is 200 g/mol. The van der Waals surface area contributed by atoms with E-state index < -0.39 is 0 Å². The maximum absolute atomic E-state index is 8.61. The average Bonchev–Trinajstić information content (AvgIpc) is 2.74. The molecule has 1 rings (SSSR count). The van der Waals surface area contributed by atoms with Crippen molar-refractivity contribution in [2.45, 2.75) is 26.8 Å². The fourth-order valence-electron chi connectivity index (χ4n) is 1.70. The average molecular weight is 220 g/mol. The van der Waals surface area contributed by atoms with Crippen LogP contribution in [-0.4, -0.2) is 34.3 Å². The van der Waals surface area contributed by atoms with Crippen molar-refractivity contribution in [2.75, 3.05) is 19.6 Å². The van der Waals surface area contributed by atoms with Gasteiger partial charge < -0.3 is 4.90 Å². The van der Waals surface area contributed by atoms with E-state index in [9.17, 15) is 0 Å². The van der Waals surface area contributed by atoms with Crippen LogP contribution in [0.4, 0.5) is 0 Å². The van der Waals surface area contributed by atoms with Crippen molar-refractivity contribution in [3.63, 3.8) is 0 Å². The normalized spacial score (nSPS) is 10.9. The number of nitriles is 1. The summed E-state index contributed by atoms with van der Waals surface area (Å²) in [6, 6.07) is 4.13. The van der Waals surface area contributed by atoms with Gasteiger partial charge in [0.25, 0.3) is 0 Å². The monoisotopic (exact) mass is 220 g/mol. The van der Waals surface area contributed by atoms with Crippen molar-refractivity contribution in [3.05, 3.63) is 18.5 Å². The van der Waals surface area contributed by atoms with E-state index in [-0.39, 0.29) is 0 Å². The number of nitrogens with zero attached hydrogens (tertiary/aromatic N) is 4. The first-order valence-electron chi connectivity index (χ1n) is 5.79.